The van der Waals surface area contributed by atoms with Crippen LogP contribution < -0.4 is 0 Å². The van der Waals surface area contributed by atoms with Crippen molar-refractivity contribution in [1.82, 2.24) is 0 Å². The number of hydrogen-bond acceptors (Lipinski definition) is 6. The largest absolute Gasteiger partial charge is 0.462 e. The summed E-state index contributed by atoms with van der Waals surface area (Å²) in [5, 5.41) is 0. The van der Waals surface area contributed by atoms with E-state index in [9.17, 15) is 14.4 Å². The third-order valence-corrected chi connectivity index (χ3v) is 12.3. The van der Waals surface area contributed by atoms with Gasteiger partial charge in [0, 0.05) is 19.3 Å². The highest BCUT2D eigenvalue weighted by molar-refractivity contribution is 5.71. The topological polar surface area (TPSA) is 78.9 Å². The van der Waals surface area contributed by atoms with E-state index in [1.807, 2.05) is 0 Å². The zero-order valence-electron chi connectivity index (χ0n) is 43.3. The Morgan fingerprint density at radius 1 is 0.308 bits per heavy atom. The molecule has 0 N–H and O–H groups in total. The lowest BCUT2D eigenvalue weighted by Gasteiger charge is -2.18. The van der Waals surface area contributed by atoms with E-state index in [4.69, 9.17) is 14.2 Å². The molecule has 6 nitrogen and oxygen atoms in total. The van der Waals surface area contributed by atoms with E-state index < -0.39 is 6.10 Å². The Morgan fingerprint density at radius 3 is 0.938 bits per heavy atom. The van der Waals surface area contributed by atoms with Crippen molar-refractivity contribution < 1.29 is 28.6 Å². The molecule has 0 aliphatic heterocycles. The zero-order valence-corrected chi connectivity index (χ0v) is 43.3. The van der Waals surface area contributed by atoms with E-state index >= 15 is 0 Å². The summed E-state index contributed by atoms with van der Waals surface area (Å²) in [4.78, 5) is 38.0. The Morgan fingerprint density at radius 2 is 0.569 bits per heavy atom. The minimum absolute atomic E-state index is 0.0806. The predicted molar refractivity (Wildman–Crippen MR) is 279 cm³/mol. The van der Waals surface area contributed by atoms with Gasteiger partial charge in [0.1, 0.15) is 13.2 Å². The highest BCUT2D eigenvalue weighted by Gasteiger charge is 2.19. The quantitative estimate of drug-likeness (QED) is 0.0199. The molecule has 378 valence electrons. The number of rotatable bonds is 51. The van der Waals surface area contributed by atoms with Gasteiger partial charge in [-0.3, -0.25) is 14.4 Å². The van der Waals surface area contributed by atoms with E-state index in [0.29, 0.717) is 19.3 Å². The number of ether oxygens (including phenoxy) is 3. The van der Waals surface area contributed by atoms with Crippen LogP contribution in [-0.2, 0) is 28.6 Å². The Hall–Kier alpha value is -2.63. The van der Waals surface area contributed by atoms with Gasteiger partial charge in [0.2, 0.25) is 0 Å². The monoisotopic (exact) mass is 911 g/mol. The van der Waals surface area contributed by atoms with Crippen molar-refractivity contribution in [3.63, 3.8) is 0 Å². The molecule has 0 aliphatic rings. The molecule has 0 heterocycles. The second-order valence-electron chi connectivity index (χ2n) is 18.9. The molecule has 1 atom stereocenters. The van der Waals surface area contributed by atoms with Gasteiger partial charge in [0.05, 0.1) is 0 Å². The lowest BCUT2D eigenvalue weighted by Crippen LogP contribution is -2.30. The van der Waals surface area contributed by atoms with Crippen LogP contribution >= 0.6 is 0 Å². The highest BCUT2D eigenvalue weighted by Crippen LogP contribution is 2.15. The van der Waals surface area contributed by atoms with Crippen LogP contribution in [0.1, 0.15) is 290 Å². The number of carbonyl (C=O) groups excluding carboxylic acids is 3. The Balaban J connectivity index is 4.31. The van der Waals surface area contributed by atoms with Crippen LogP contribution in [0.4, 0.5) is 0 Å². The molecule has 0 rings (SSSR count). The van der Waals surface area contributed by atoms with E-state index in [1.165, 1.54) is 167 Å². The number of unbranched alkanes of at least 4 members (excludes halogenated alkanes) is 33. The van der Waals surface area contributed by atoms with E-state index in [-0.39, 0.29) is 31.1 Å². The van der Waals surface area contributed by atoms with Gasteiger partial charge in [0.15, 0.2) is 6.10 Å². The fourth-order valence-corrected chi connectivity index (χ4v) is 8.00. The summed E-state index contributed by atoms with van der Waals surface area (Å²) >= 11 is 0. The van der Waals surface area contributed by atoms with Crippen LogP contribution in [0, 0.1) is 0 Å². The van der Waals surface area contributed by atoms with Gasteiger partial charge in [-0.05, 0) is 89.9 Å². The van der Waals surface area contributed by atoms with Crippen molar-refractivity contribution in [2.75, 3.05) is 13.2 Å². The second kappa shape index (κ2) is 54.0. The van der Waals surface area contributed by atoms with Gasteiger partial charge in [-0.1, -0.05) is 230 Å². The summed E-state index contributed by atoms with van der Waals surface area (Å²) in [6, 6.07) is 0. The van der Waals surface area contributed by atoms with Gasteiger partial charge >= 0.3 is 17.9 Å². The van der Waals surface area contributed by atoms with Crippen molar-refractivity contribution in [2.45, 2.75) is 297 Å². The van der Waals surface area contributed by atoms with E-state index in [1.54, 1.807) is 0 Å². The maximum atomic E-state index is 12.8. The van der Waals surface area contributed by atoms with Crippen LogP contribution in [-0.4, -0.2) is 37.2 Å². The smallest absolute Gasteiger partial charge is 0.306 e. The average Bonchev–Trinajstić information content (AvgIpc) is 3.30. The molecule has 65 heavy (non-hydrogen) atoms. The van der Waals surface area contributed by atoms with Crippen LogP contribution in [0.25, 0.3) is 0 Å². The lowest BCUT2D eigenvalue weighted by atomic mass is 10.1. The molecule has 0 amide bonds. The molecule has 0 saturated heterocycles. The highest BCUT2D eigenvalue weighted by atomic mass is 16.6. The first-order valence-electron chi connectivity index (χ1n) is 28.2. The first kappa shape index (κ1) is 62.4. The zero-order chi connectivity index (χ0) is 47.2. The summed E-state index contributed by atoms with van der Waals surface area (Å²) in [5.41, 5.74) is 0. The van der Waals surface area contributed by atoms with Crippen LogP contribution in [0.2, 0.25) is 0 Å². The van der Waals surface area contributed by atoms with Crippen molar-refractivity contribution in [3.05, 3.63) is 48.6 Å². The predicted octanol–water partition coefficient (Wildman–Crippen LogP) is 18.7. The van der Waals surface area contributed by atoms with Gasteiger partial charge in [-0.2, -0.15) is 0 Å². The summed E-state index contributed by atoms with van der Waals surface area (Å²) in [5.74, 6) is -0.896. The summed E-state index contributed by atoms with van der Waals surface area (Å²) in [7, 11) is 0. The van der Waals surface area contributed by atoms with Crippen LogP contribution in [0.15, 0.2) is 48.6 Å². The molecule has 6 heteroatoms. The van der Waals surface area contributed by atoms with Gasteiger partial charge in [-0.25, -0.2) is 0 Å². The SMILES string of the molecule is CCCC/C=C\CCCCCCC(=O)OCC(COC(=O)CCCCCCCCCCCC/C=C\C=C/CCCCC)OC(=O)CCCCCCC/C=C\CCCCCCCCCCC. The summed E-state index contributed by atoms with van der Waals surface area (Å²) < 4.78 is 16.8. The molecule has 0 radical (unpaired) electrons. The lowest BCUT2D eigenvalue weighted by molar-refractivity contribution is -0.167. The van der Waals surface area contributed by atoms with Crippen LogP contribution in [0.5, 0.6) is 0 Å². The number of carbonyl (C=O) groups is 3. The average molecular weight is 911 g/mol. The Bertz CT molecular complexity index is 1140. The number of hydrogen-bond donors (Lipinski definition) is 0. The first-order valence-corrected chi connectivity index (χ1v) is 28.2. The Labute approximate surface area is 403 Å². The number of esters is 3. The van der Waals surface area contributed by atoms with E-state index in [0.717, 1.165) is 83.5 Å². The Kier molecular flexibility index (Phi) is 51.8. The van der Waals surface area contributed by atoms with Gasteiger partial charge in [-0.15, -0.1) is 0 Å². The molecule has 0 fully saturated rings. The van der Waals surface area contributed by atoms with Gasteiger partial charge in [0.25, 0.3) is 0 Å². The third-order valence-electron chi connectivity index (χ3n) is 12.3. The molecule has 0 aliphatic carbocycles. The first-order chi connectivity index (χ1) is 32.0. The number of allylic oxidation sites excluding steroid dienone is 8. The molecule has 0 aromatic carbocycles. The molecule has 1 unspecified atom stereocenters. The van der Waals surface area contributed by atoms with Crippen LogP contribution in [0.3, 0.4) is 0 Å². The third kappa shape index (κ3) is 52.2. The summed E-state index contributed by atoms with van der Waals surface area (Å²) in [6.45, 7) is 6.57. The van der Waals surface area contributed by atoms with E-state index in [2.05, 4.69) is 69.4 Å². The maximum Gasteiger partial charge on any atom is 0.306 e. The molecular weight excluding hydrogens is 805 g/mol. The molecule has 0 aromatic rings. The molecule has 0 saturated carbocycles. The normalized spacial score (nSPS) is 12.4. The minimum Gasteiger partial charge on any atom is -0.462 e. The van der Waals surface area contributed by atoms with Crippen molar-refractivity contribution >= 4 is 17.9 Å². The maximum absolute atomic E-state index is 12.8. The molecule has 0 spiro atoms. The fraction of sp³-hybridized carbons (Fsp3) is 0.814. The van der Waals surface area contributed by atoms with Crippen molar-refractivity contribution in [1.29, 1.82) is 0 Å². The second-order valence-corrected chi connectivity index (χ2v) is 18.9. The molecular formula is C59H106O6. The molecule has 0 aromatic heterocycles. The minimum atomic E-state index is -0.782. The summed E-state index contributed by atoms with van der Waals surface area (Å²) in [6.07, 6.45) is 65.3. The molecule has 0 bridgehead atoms. The fourth-order valence-electron chi connectivity index (χ4n) is 8.00. The standard InChI is InChI=1S/C59H106O6/c1-4-7-10-13-16-19-22-24-26-28-30-32-33-35-37-40-43-46-49-52-58(61)64-55-56(54-63-57(60)51-48-45-42-39-21-18-15-12-9-6-3)65-59(62)53-50-47-44-41-38-36-34-31-29-27-25-23-20-17-14-11-8-5-2/h15-16,18-19,22,24,31,34,56H,4-14,17,20-21,23,25-30,32-33,35-55H2,1-3H3/b18-15-,19-16-,24-22-,34-31-. The van der Waals surface area contributed by atoms with Gasteiger partial charge < -0.3 is 14.2 Å². The van der Waals surface area contributed by atoms with Crippen molar-refractivity contribution in [2.24, 2.45) is 0 Å². The van der Waals surface area contributed by atoms with Crippen molar-refractivity contribution in [3.8, 4) is 0 Å².